The highest BCUT2D eigenvalue weighted by molar-refractivity contribution is 6.35. The van der Waals surface area contributed by atoms with Crippen LogP contribution in [0.4, 0.5) is 0 Å². The van der Waals surface area contributed by atoms with Crippen LogP contribution in [0, 0.1) is 0 Å². The third-order valence-corrected chi connectivity index (χ3v) is 3.90. The van der Waals surface area contributed by atoms with Crippen LogP contribution in [-0.4, -0.2) is 29.6 Å². The Balaban J connectivity index is 2.07. The van der Waals surface area contributed by atoms with Crippen molar-refractivity contribution in [2.75, 3.05) is 6.61 Å². The lowest BCUT2D eigenvalue weighted by molar-refractivity contribution is -0.139. The molecule has 2 rings (SSSR count). The number of carbonyl (C=O) groups is 2. The van der Waals surface area contributed by atoms with Crippen LogP contribution in [-0.2, 0) is 11.2 Å². The van der Waals surface area contributed by atoms with E-state index >= 15 is 0 Å². The predicted molar refractivity (Wildman–Crippen MR) is 101 cm³/mol. The average molecular weight is 394 g/mol. The second-order valence-electron chi connectivity index (χ2n) is 5.47. The van der Waals surface area contributed by atoms with Crippen LogP contribution in [0.5, 0.6) is 5.75 Å². The second kappa shape index (κ2) is 9.27. The van der Waals surface area contributed by atoms with E-state index in [1.165, 1.54) is 18.2 Å². The third-order valence-electron chi connectivity index (χ3n) is 3.46. The van der Waals surface area contributed by atoms with Crippen molar-refractivity contribution in [2.24, 2.45) is 0 Å². The molecular weight excluding hydrogens is 377 g/mol. The smallest absolute Gasteiger partial charge is 0.326 e. The summed E-state index contributed by atoms with van der Waals surface area (Å²) < 4.78 is 5.38. The highest BCUT2D eigenvalue weighted by Crippen LogP contribution is 2.19. The molecule has 0 fully saturated rings. The summed E-state index contributed by atoms with van der Waals surface area (Å²) in [5, 5.41) is 12.5. The molecule has 7 heteroatoms. The summed E-state index contributed by atoms with van der Waals surface area (Å²) in [6.45, 7) is 3.95. The molecule has 0 aliphatic rings. The second-order valence-corrected chi connectivity index (χ2v) is 6.34. The molecule has 1 amide bonds. The van der Waals surface area contributed by atoms with Crippen LogP contribution in [0.25, 0.3) is 0 Å². The van der Waals surface area contributed by atoms with Gasteiger partial charge < -0.3 is 15.2 Å². The first kappa shape index (κ1) is 19.8. The topological polar surface area (TPSA) is 75.6 Å². The molecule has 0 aliphatic heterocycles. The van der Waals surface area contributed by atoms with Crippen molar-refractivity contribution in [1.29, 1.82) is 0 Å². The van der Waals surface area contributed by atoms with Gasteiger partial charge >= 0.3 is 5.97 Å². The summed E-state index contributed by atoms with van der Waals surface area (Å²) in [5.41, 5.74) is 0.940. The van der Waals surface area contributed by atoms with Gasteiger partial charge in [0.15, 0.2) is 0 Å². The molecule has 2 aromatic carbocycles. The van der Waals surface area contributed by atoms with Gasteiger partial charge in [-0.05, 0) is 35.9 Å². The van der Waals surface area contributed by atoms with Crippen molar-refractivity contribution in [3.05, 3.63) is 76.3 Å². The monoisotopic (exact) mass is 393 g/mol. The molecule has 0 unspecified atom stereocenters. The maximum absolute atomic E-state index is 12.3. The van der Waals surface area contributed by atoms with Crippen LogP contribution in [0.3, 0.4) is 0 Å². The Hall–Kier alpha value is -2.50. The summed E-state index contributed by atoms with van der Waals surface area (Å²) in [5.74, 6) is -1.05. The molecule has 2 N–H and O–H groups in total. The van der Waals surface area contributed by atoms with Crippen molar-refractivity contribution >= 4 is 35.1 Å². The molecule has 136 valence electrons. The molecule has 0 saturated carbocycles. The number of hydrogen-bond acceptors (Lipinski definition) is 3. The Morgan fingerprint density at radius 1 is 1.15 bits per heavy atom. The number of hydrogen-bond donors (Lipinski definition) is 2. The molecule has 1 atom stereocenters. The number of ether oxygens (including phenoxy) is 1. The zero-order valence-corrected chi connectivity index (χ0v) is 15.3. The number of amides is 1. The Bertz CT molecular complexity index is 785. The molecule has 0 aliphatic carbocycles. The first-order valence-electron chi connectivity index (χ1n) is 7.71. The molecule has 5 nitrogen and oxygen atoms in total. The number of nitrogens with one attached hydrogen (secondary N) is 1. The van der Waals surface area contributed by atoms with Crippen LogP contribution in [0.1, 0.15) is 15.9 Å². The highest BCUT2D eigenvalue weighted by atomic mass is 35.5. The van der Waals surface area contributed by atoms with Gasteiger partial charge in [-0.25, -0.2) is 4.79 Å². The van der Waals surface area contributed by atoms with E-state index in [0.717, 1.165) is 5.56 Å². The van der Waals surface area contributed by atoms with Crippen molar-refractivity contribution in [1.82, 2.24) is 5.32 Å². The van der Waals surface area contributed by atoms with Crippen LogP contribution < -0.4 is 10.1 Å². The van der Waals surface area contributed by atoms with Gasteiger partial charge in [-0.1, -0.05) is 48.0 Å². The number of carboxylic acids is 1. The van der Waals surface area contributed by atoms with E-state index in [0.29, 0.717) is 22.4 Å². The van der Waals surface area contributed by atoms with Crippen molar-refractivity contribution in [3.63, 3.8) is 0 Å². The van der Waals surface area contributed by atoms with Crippen LogP contribution >= 0.6 is 23.2 Å². The van der Waals surface area contributed by atoms with Crippen molar-refractivity contribution in [3.8, 4) is 5.75 Å². The Labute approximate surface area is 161 Å². The van der Waals surface area contributed by atoms with Gasteiger partial charge in [0.25, 0.3) is 5.91 Å². The van der Waals surface area contributed by atoms with Crippen LogP contribution in [0.15, 0.2) is 55.1 Å². The number of halogens is 2. The Morgan fingerprint density at radius 2 is 1.77 bits per heavy atom. The fourth-order valence-electron chi connectivity index (χ4n) is 2.24. The van der Waals surface area contributed by atoms with Gasteiger partial charge in [0.05, 0.1) is 0 Å². The van der Waals surface area contributed by atoms with E-state index in [1.54, 1.807) is 30.3 Å². The highest BCUT2D eigenvalue weighted by Gasteiger charge is 2.21. The first-order chi connectivity index (χ1) is 12.4. The Morgan fingerprint density at radius 3 is 2.31 bits per heavy atom. The molecule has 0 saturated heterocycles. The largest absolute Gasteiger partial charge is 0.490 e. The van der Waals surface area contributed by atoms with Crippen molar-refractivity contribution < 1.29 is 19.4 Å². The number of rotatable bonds is 8. The van der Waals surface area contributed by atoms with E-state index in [1.807, 2.05) is 0 Å². The van der Waals surface area contributed by atoms with Crippen LogP contribution in [0.2, 0.25) is 10.0 Å². The number of benzene rings is 2. The summed E-state index contributed by atoms with van der Waals surface area (Å²) in [4.78, 5) is 23.8. The maximum Gasteiger partial charge on any atom is 0.326 e. The molecule has 0 bridgehead atoms. The first-order valence-corrected chi connectivity index (χ1v) is 8.47. The number of carboxylic acid groups (broad SMARTS) is 1. The summed E-state index contributed by atoms with van der Waals surface area (Å²) in [7, 11) is 0. The van der Waals surface area contributed by atoms with E-state index in [2.05, 4.69) is 11.9 Å². The zero-order chi connectivity index (χ0) is 19.1. The number of carbonyl (C=O) groups excluding carboxylic acids is 1. The van der Waals surface area contributed by atoms with E-state index in [4.69, 9.17) is 27.9 Å². The average Bonchev–Trinajstić information content (AvgIpc) is 2.59. The molecular formula is C19H17Cl2NO4. The van der Waals surface area contributed by atoms with E-state index in [-0.39, 0.29) is 12.0 Å². The Kier molecular flexibility index (Phi) is 7.06. The zero-order valence-electron chi connectivity index (χ0n) is 13.7. The third kappa shape index (κ3) is 5.79. The normalized spacial score (nSPS) is 11.5. The summed E-state index contributed by atoms with van der Waals surface area (Å²) in [6, 6.07) is 10.2. The van der Waals surface area contributed by atoms with Gasteiger partial charge in [0.1, 0.15) is 18.4 Å². The van der Waals surface area contributed by atoms with Gasteiger partial charge in [-0.3, -0.25) is 4.79 Å². The molecule has 0 spiro atoms. The minimum absolute atomic E-state index is 0.122. The fourth-order valence-corrected chi connectivity index (χ4v) is 2.77. The molecule has 2 aromatic rings. The quantitative estimate of drug-likeness (QED) is 0.664. The standard InChI is InChI=1S/C19H17Cl2NO4/c1-2-7-26-16-5-3-12(4-6-16)8-17(19(24)25)22-18(23)13-9-14(20)11-15(21)10-13/h2-6,9-11,17H,1,7-8H2,(H,22,23)(H,24,25)/t17-/m0/s1. The fraction of sp³-hybridized carbons (Fsp3) is 0.158. The summed E-state index contributed by atoms with van der Waals surface area (Å²) in [6.07, 6.45) is 1.75. The van der Waals surface area contributed by atoms with Crippen molar-refractivity contribution in [2.45, 2.75) is 12.5 Å². The predicted octanol–water partition coefficient (Wildman–Crippen LogP) is 3.98. The lowest BCUT2D eigenvalue weighted by atomic mass is 10.1. The summed E-state index contributed by atoms with van der Waals surface area (Å²) >= 11 is 11.8. The minimum Gasteiger partial charge on any atom is -0.490 e. The van der Waals surface area contributed by atoms with E-state index < -0.39 is 17.9 Å². The van der Waals surface area contributed by atoms with E-state index in [9.17, 15) is 14.7 Å². The SMILES string of the molecule is C=CCOc1ccc(C[C@H](NC(=O)c2cc(Cl)cc(Cl)c2)C(=O)O)cc1. The van der Waals surface area contributed by atoms with Gasteiger partial charge in [0, 0.05) is 22.0 Å². The van der Waals surface area contributed by atoms with Gasteiger partial charge in [-0.15, -0.1) is 0 Å². The maximum atomic E-state index is 12.3. The molecule has 0 aromatic heterocycles. The lowest BCUT2D eigenvalue weighted by Crippen LogP contribution is -2.42. The molecule has 0 heterocycles. The van der Waals surface area contributed by atoms with Gasteiger partial charge in [-0.2, -0.15) is 0 Å². The van der Waals surface area contributed by atoms with Gasteiger partial charge in [0.2, 0.25) is 0 Å². The number of aliphatic carboxylic acids is 1. The molecule has 0 radical (unpaired) electrons. The molecule has 26 heavy (non-hydrogen) atoms. The minimum atomic E-state index is -1.14. The lowest BCUT2D eigenvalue weighted by Gasteiger charge is -2.15.